The summed E-state index contributed by atoms with van der Waals surface area (Å²) in [4.78, 5) is 15.2. The molecule has 0 saturated heterocycles. The number of nitrogens with zero attached hydrogens (tertiary/aromatic N) is 4. The van der Waals surface area contributed by atoms with Gasteiger partial charge in [-0.1, -0.05) is 0 Å². The topological polar surface area (TPSA) is 88.0 Å². The summed E-state index contributed by atoms with van der Waals surface area (Å²) in [7, 11) is 3.07. The molecule has 0 saturated carbocycles. The van der Waals surface area contributed by atoms with E-state index in [4.69, 9.17) is 5.73 Å². The van der Waals surface area contributed by atoms with E-state index in [0.717, 1.165) is 5.69 Å². The van der Waals surface area contributed by atoms with Crippen LogP contribution in [0.1, 0.15) is 10.5 Å². The Kier molecular flexibility index (Phi) is 2.35. The van der Waals surface area contributed by atoms with Crippen LogP contribution in [-0.2, 0) is 11.8 Å². The Morgan fingerprint density at radius 1 is 1.56 bits per heavy atom. The van der Waals surface area contributed by atoms with E-state index in [1.807, 2.05) is 0 Å². The zero-order chi connectivity index (χ0) is 11.7. The lowest BCUT2D eigenvalue weighted by Crippen LogP contribution is -2.07. The van der Waals surface area contributed by atoms with Crippen LogP contribution < -0.4 is 5.73 Å². The molecule has 2 aromatic heterocycles. The average molecular weight is 221 g/mol. The molecular weight excluding hydrogens is 210 g/mol. The molecule has 0 aromatic carbocycles. The molecule has 0 atom stereocenters. The van der Waals surface area contributed by atoms with Gasteiger partial charge < -0.3 is 10.5 Å². The van der Waals surface area contributed by atoms with Crippen LogP contribution in [0, 0.1) is 0 Å². The lowest BCUT2D eigenvalue weighted by atomic mass is 10.4. The van der Waals surface area contributed by atoms with Gasteiger partial charge in [-0.05, 0) is 0 Å². The van der Waals surface area contributed by atoms with Crippen LogP contribution in [0.3, 0.4) is 0 Å². The lowest BCUT2D eigenvalue weighted by molar-refractivity contribution is 0.0596. The minimum Gasteiger partial charge on any atom is -0.464 e. The summed E-state index contributed by atoms with van der Waals surface area (Å²) in [6.45, 7) is 0. The van der Waals surface area contributed by atoms with Crippen molar-refractivity contribution < 1.29 is 9.53 Å². The second kappa shape index (κ2) is 3.69. The third kappa shape index (κ3) is 1.52. The maximum Gasteiger partial charge on any atom is 0.360 e. The summed E-state index contributed by atoms with van der Waals surface area (Å²) in [5, 5.41) is 4.00. The summed E-state index contributed by atoms with van der Waals surface area (Å²) in [6.07, 6.45) is 4.84. The molecule has 0 radical (unpaired) electrons. The van der Waals surface area contributed by atoms with Gasteiger partial charge in [-0.25, -0.2) is 9.78 Å². The average Bonchev–Trinajstić information content (AvgIpc) is 2.83. The van der Waals surface area contributed by atoms with E-state index in [1.54, 1.807) is 28.7 Å². The predicted octanol–water partition coefficient (Wildman–Crippen LogP) is -0.0254. The number of nitrogens with two attached hydrogens (primary N) is 1. The van der Waals surface area contributed by atoms with E-state index in [9.17, 15) is 4.79 Å². The number of rotatable bonds is 2. The summed E-state index contributed by atoms with van der Waals surface area (Å²) in [5.74, 6) is -0.319. The monoisotopic (exact) mass is 221 g/mol. The third-order valence-electron chi connectivity index (χ3n) is 2.15. The molecule has 0 bridgehead atoms. The van der Waals surface area contributed by atoms with Crippen molar-refractivity contribution in [1.82, 2.24) is 19.3 Å². The number of ether oxygens (including phenoxy) is 1. The Hall–Kier alpha value is -2.31. The number of anilines is 1. The van der Waals surface area contributed by atoms with Gasteiger partial charge in [0.2, 0.25) is 0 Å². The second-order valence-electron chi connectivity index (χ2n) is 3.21. The highest BCUT2D eigenvalue weighted by Crippen LogP contribution is 2.16. The van der Waals surface area contributed by atoms with Crippen molar-refractivity contribution >= 4 is 11.8 Å². The molecule has 7 nitrogen and oxygen atoms in total. The molecule has 0 aliphatic heterocycles. The molecule has 0 aliphatic carbocycles. The summed E-state index contributed by atoms with van der Waals surface area (Å²) >= 11 is 0. The molecule has 16 heavy (non-hydrogen) atoms. The molecule has 2 aromatic rings. The van der Waals surface area contributed by atoms with Crippen molar-refractivity contribution in [1.29, 1.82) is 0 Å². The van der Waals surface area contributed by atoms with Crippen molar-refractivity contribution in [2.75, 3.05) is 12.8 Å². The van der Waals surface area contributed by atoms with Crippen LogP contribution in [0.15, 0.2) is 18.7 Å². The smallest absolute Gasteiger partial charge is 0.360 e. The summed E-state index contributed by atoms with van der Waals surface area (Å²) < 4.78 is 7.76. The van der Waals surface area contributed by atoms with E-state index in [-0.39, 0.29) is 11.5 Å². The Balaban J connectivity index is 2.44. The van der Waals surface area contributed by atoms with E-state index in [0.29, 0.717) is 0 Å². The first kappa shape index (κ1) is 10.2. The first-order valence-corrected chi connectivity index (χ1v) is 4.53. The van der Waals surface area contributed by atoms with E-state index in [2.05, 4.69) is 14.8 Å². The predicted molar refractivity (Wildman–Crippen MR) is 56.1 cm³/mol. The van der Waals surface area contributed by atoms with Gasteiger partial charge >= 0.3 is 5.97 Å². The highest BCUT2D eigenvalue weighted by Gasteiger charge is 2.17. The SMILES string of the molecule is COC(=O)c1ncn(-c2cnn(C)c2)c1N. The van der Waals surface area contributed by atoms with Crippen molar-refractivity contribution in [3.8, 4) is 5.69 Å². The fourth-order valence-corrected chi connectivity index (χ4v) is 1.35. The molecule has 0 unspecified atom stereocenters. The molecular formula is C9H11N5O2. The standard InChI is InChI=1S/C9H11N5O2/c1-13-4-6(3-12-13)14-5-11-7(8(14)10)9(15)16-2/h3-5H,10H2,1-2H3. The molecule has 0 amide bonds. The molecule has 2 N–H and O–H groups in total. The van der Waals surface area contributed by atoms with Crippen molar-refractivity contribution in [2.45, 2.75) is 0 Å². The van der Waals surface area contributed by atoms with Gasteiger partial charge in [0.1, 0.15) is 12.1 Å². The molecule has 0 aliphatic rings. The number of carbonyl (C=O) groups is 1. The quantitative estimate of drug-likeness (QED) is 0.720. The van der Waals surface area contributed by atoms with Crippen LogP contribution >= 0.6 is 0 Å². The maximum atomic E-state index is 11.3. The van der Waals surface area contributed by atoms with Crippen molar-refractivity contribution in [2.24, 2.45) is 7.05 Å². The summed E-state index contributed by atoms with van der Waals surface area (Å²) in [5.41, 5.74) is 6.63. The molecule has 2 heterocycles. The number of aromatic nitrogens is 4. The van der Waals surface area contributed by atoms with Gasteiger partial charge in [0.25, 0.3) is 0 Å². The maximum absolute atomic E-state index is 11.3. The molecule has 0 fully saturated rings. The number of carbonyl (C=O) groups excluding carboxylic acids is 1. The number of aryl methyl sites for hydroxylation is 1. The van der Waals surface area contributed by atoms with Gasteiger partial charge in [-0.3, -0.25) is 9.25 Å². The molecule has 84 valence electrons. The number of methoxy groups -OCH3 is 1. The first-order chi connectivity index (χ1) is 7.63. The number of hydrogen-bond donors (Lipinski definition) is 1. The van der Waals surface area contributed by atoms with Gasteiger partial charge in [0.15, 0.2) is 5.69 Å². The largest absolute Gasteiger partial charge is 0.464 e. The summed E-state index contributed by atoms with van der Waals surface area (Å²) in [6, 6.07) is 0. The van der Waals surface area contributed by atoms with Crippen LogP contribution in [0.5, 0.6) is 0 Å². The number of hydrogen-bond acceptors (Lipinski definition) is 5. The number of imidazole rings is 1. The fraction of sp³-hybridized carbons (Fsp3) is 0.222. The van der Waals surface area contributed by atoms with Crippen LogP contribution in [0.2, 0.25) is 0 Å². The Bertz CT molecular complexity index is 528. The minimum absolute atomic E-state index is 0.103. The first-order valence-electron chi connectivity index (χ1n) is 4.53. The Labute approximate surface area is 91.4 Å². The second-order valence-corrected chi connectivity index (χ2v) is 3.21. The van der Waals surface area contributed by atoms with Gasteiger partial charge in [-0.15, -0.1) is 0 Å². The minimum atomic E-state index is -0.555. The van der Waals surface area contributed by atoms with Gasteiger partial charge in [0.05, 0.1) is 19.0 Å². The van der Waals surface area contributed by atoms with E-state index < -0.39 is 5.97 Å². The zero-order valence-corrected chi connectivity index (χ0v) is 8.91. The third-order valence-corrected chi connectivity index (χ3v) is 2.15. The van der Waals surface area contributed by atoms with E-state index in [1.165, 1.54) is 13.4 Å². The highest BCUT2D eigenvalue weighted by atomic mass is 16.5. The van der Waals surface area contributed by atoms with Gasteiger partial charge in [-0.2, -0.15) is 5.10 Å². The zero-order valence-electron chi connectivity index (χ0n) is 8.91. The lowest BCUT2D eigenvalue weighted by Gasteiger charge is -2.01. The highest BCUT2D eigenvalue weighted by molar-refractivity contribution is 5.92. The number of esters is 1. The van der Waals surface area contributed by atoms with Crippen LogP contribution in [-0.4, -0.2) is 32.4 Å². The number of nitrogen functional groups attached to an aromatic ring is 1. The molecule has 2 rings (SSSR count). The van der Waals surface area contributed by atoms with Gasteiger partial charge in [0, 0.05) is 13.2 Å². The Morgan fingerprint density at radius 2 is 2.31 bits per heavy atom. The Morgan fingerprint density at radius 3 is 2.88 bits per heavy atom. The molecule has 0 spiro atoms. The van der Waals surface area contributed by atoms with Crippen molar-refractivity contribution in [3.63, 3.8) is 0 Å². The fourth-order valence-electron chi connectivity index (χ4n) is 1.35. The van der Waals surface area contributed by atoms with Crippen LogP contribution in [0.25, 0.3) is 5.69 Å². The van der Waals surface area contributed by atoms with Crippen molar-refractivity contribution in [3.05, 3.63) is 24.4 Å². The van der Waals surface area contributed by atoms with Crippen LogP contribution in [0.4, 0.5) is 5.82 Å². The van der Waals surface area contributed by atoms with E-state index >= 15 is 0 Å². The normalized spacial score (nSPS) is 10.4. The molecule has 7 heteroatoms.